The molecule has 0 saturated carbocycles. The summed E-state index contributed by atoms with van der Waals surface area (Å²) in [6.45, 7) is 0.670. The van der Waals surface area contributed by atoms with Crippen molar-refractivity contribution in [1.29, 1.82) is 0 Å². The third kappa shape index (κ3) is 5.26. The molecule has 0 spiro atoms. The molecule has 0 bridgehead atoms. The molecule has 0 fully saturated rings. The summed E-state index contributed by atoms with van der Waals surface area (Å²) in [7, 11) is -0.181. The van der Waals surface area contributed by atoms with Gasteiger partial charge in [0, 0.05) is 19.9 Å². The average molecular weight is 451 g/mol. The van der Waals surface area contributed by atoms with Crippen LogP contribution in [-0.2, 0) is 25.9 Å². The molecule has 10 heteroatoms. The van der Waals surface area contributed by atoms with E-state index in [9.17, 15) is 13.2 Å². The molecular formula is C20H22N2O6S2. The number of rotatable bonds is 8. The minimum atomic E-state index is -3.34. The predicted octanol–water partition coefficient (Wildman–Crippen LogP) is 2.27. The Morgan fingerprint density at radius 2 is 1.80 bits per heavy atom. The largest absolute Gasteiger partial charge is 0.497 e. The van der Waals surface area contributed by atoms with E-state index < -0.39 is 15.7 Å². The quantitative estimate of drug-likeness (QED) is 0.522. The number of methoxy groups -OCH3 is 2. The first-order valence-electron chi connectivity index (χ1n) is 8.98. The summed E-state index contributed by atoms with van der Waals surface area (Å²) in [5, 5.41) is 0. The Hall–Kier alpha value is -2.69. The van der Waals surface area contributed by atoms with Gasteiger partial charge in [-0.1, -0.05) is 11.3 Å². The van der Waals surface area contributed by atoms with Crippen molar-refractivity contribution in [3.63, 3.8) is 0 Å². The van der Waals surface area contributed by atoms with Crippen molar-refractivity contribution in [3.05, 3.63) is 47.3 Å². The van der Waals surface area contributed by atoms with Crippen molar-refractivity contribution in [3.8, 4) is 11.5 Å². The molecule has 3 aromatic rings. The lowest BCUT2D eigenvalue weighted by atomic mass is 10.3. The smallest absolute Gasteiger partial charge is 0.286 e. The molecule has 2 aromatic carbocycles. The zero-order valence-corrected chi connectivity index (χ0v) is 18.5. The summed E-state index contributed by atoms with van der Waals surface area (Å²) in [5.74, 6) is 0.768. The van der Waals surface area contributed by atoms with Gasteiger partial charge in [-0.15, -0.1) is 0 Å². The lowest BCUT2D eigenvalue weighted by Gasteiger charge is -2.06. The molecule has 0 unspecified atom stereocenters. The fraction of sp³-hybridized carbons (Fsp3) is 0.300. The molecule has 1 amide bonds. The second-order valence-electron chi connectivity index (χ2n) is 6.40. The van der Waals surface area contributed by atoms with E-state index in [2.05, 4.69) is 4.99 Å². The van der Waals surface area contributed by atoms with Crippen LogP contribution in [0.5, 0.6) is 11.5 Å². The van der Waals surface area contributed by atoms with Gasteiger partial charge in [0.15, 0.2) is 21.2 Å². The summed E-state index contributed by atoms with van der Waals surface area (Å²) >= 11 is 1.24. The van der Waals surface area contributed by atoms with Crippen LogP contribution < -0.4 is 14.3 Å². The van der Waals surface area contributed by atoms with E-state index in [1.807, 2.05) is 4.57 Å². The second-order valence-corrected chi connectivity index (χ2v) is 9.43. The molecule has 0 N–H and O–H groups in total. The maximum atomic E-state index is 12.4. The van der Waals surface area contributed by atoms with E-state index in [1.165, 1.54) is 11.3 Å². The first kappa shape index (κ1) is 22.0. The van der Waals surface area contributed by atoms with Gasteiger partial charge in [0.25, 0.3) is 5.91 Å². The minimum Gasteiger partial charge on any atom is -0.497 e. The van der Waals surface area contributed by atoms with Gasteiger partial charge in [0.1, 0.15) is 11.5 Å². The van der Waals surface area contributed by atoms with E-state index in [0.717, 1.165) is 16.5 Å². The Kier molecular flexibility index (Phi) is 6.91. The Morgan fingerprint density at radius 1 is 1.10 bits per heavy atom. The SMILES string of the molecule is COCCn1c(=NC(=O)COc2ccc(OC)cc2)sc2cc(S(C)(=O)=O)ccc21. The third-order valence-electron chi connectivity index (χ3n) is 4.24. The lowest BCUT2D eigenvalue weighted by molar-refractivity contribution is -0.120. The van der Waals surface area contributed by atoms with Gasteiger partial charge in [0.2, 0.25) is 0 Å². The van der Waals surface area contributed by atoms with E-state index in [1.54, 1.807) is 56.7 Å². The number of ether oxygens (including phenoxy) is 3. The number of hydrogen-bond acceptors (Lipinski definition) is 7. The van der Waals surface area contributed by atoms with Gasteiger partial charge in [-0.05, 0) is 42.5 Å². The Morgan fingerprint density at radius 3 is 2.43 bits per heavy atom. The number of nitrogens with zero attached hydrogens (tertiary/aromatic N) is 2. The van der Waals surface area contributed by atoms with Crippen molar-refractivity contribution >= 4 is 37.3 Å². The molecular weight excluding hydrogens is 428 g/mol. The number of sulfone groups is 1. The highest BCUT2D eigenvalue weighted by molar-refractivity contribution is 7.90. The van der Waals surface area contributed by atoms with Crippen LogP contribution in [0.1, 0.15) is 0 Å². The van der Waals surface area contributed by atoms with Crippen LogP contribution in [0.4, 0.5) is 0 Å². The van der Waals surface area contributed by atoms with Crippen LogP contribution in [0.3, 0.4) is 0 Å². The van der Waals surface area contributed by atoms with Crippen LogP contribution >= 0.6 is 11.3 Å². The number of aromatic nitrogens is 1. The topological polar surface area (TPSA) is 96.2 Å². The Bertz CT molecular complexity index is 1210. The minimum absolute atomic E-state index is 0.218. The fourth-order valence-corrected chi connectivity index (χ4v) is 4.56. The second kappa shape index (κ2) is 9.41. The predicted molar refractivity (Wildman–Crippen MR) is 114 cm³/mol. The van der Waals surface area contributed by atoms with E-state index in [4.69, 9.17) is 14.2 Å². The van der Waals surface area contributed by atoms with Gasteiger partial charge in [-0.3, -0.25) is 4.79 Å². The molecule has 0 radical (unpaired) electrons. The van der Waals surface area contributed by atoms with Gasteiger partial charge < -0.3 is 18.8 Å². The summed E-state index contributed by atoms with van der Waals surface area (Å²) in [6.07, 6.45) is 1.16. The summed E-state index contributed by atoms with van der Waals surface area (Å²) in [4.78, 5) is 17.2. The number of carbonyl (C=O) groups excluding carboxylic acids is 1. The lowest BCUT2D eigenvalue weighted by Crippen LogP contribution is -2.21. The summed E-state index contributed by atoms with van der Waals surface area (Å²) in [6, 6.07) is 11.7. The van der Waals surface area contributed by atoms with Crippen molar-refractivity contribution in [2.75, 3.05) is 33.7 Å². The van der Waals surface area contributed by atoms with Gasteiger partial charge >= 0.3 is 0 Å². The number of hydrogen-bond donors (Lipinski definition) is 0. The van der Waals surface area contributed by atoms with Crippen molar-refractivity contribution < 1.29 is 27.4 Å². The highest BCUT2D eigenvalue weighted by atomic mass is 32.2. The molecule has 30 heavy (non-hydrogen) atoms. The van der Waals surface area contributed by atoms with Crippen LogP contribution in [0.25, 0.3) is 10.2 Å². The molecule has 1 heterocycles. The Labute approximate surface area is 178 Å². The number of thiazole rings is 1. The summed E-state index contributed by atoms with van der Waals surface area (Å²) < 4.78 is 42.0. The fourth-order valence-electron chi connectivity index (χ4n) is 2.72. The van der Waals surface area contributed by atoms with Crippen molar-refractivity contribution in [2.24, 2.45) is 4.99 Å². The molecule has 1 aromatic heterocycles. The summed E-state index contributed by atoms with van der Waals surface area (Å²) in [5.41, 5.74) is 0.784. The molecule has 0 aliphatic heterocycles. The zero-order chi connectivity index (χ0) is 21.7. The number of benzene rings is 2. The van der Waals surface area contributed by atoms with Gasteiger partial charge in [-0.2, -0.15) is 4.99 Å². The van der Waals surface area contributed by atoms with E-state index in [-0.39, 0.29) is 11.5 Å². The number of amides is 1. The third-order valence-corrected chi connectivity index (χ3v) is 6.39. The molecule has 3 rings (SSSR count). The normalized spacial score (nSPS) is 12.3. The molecule has 0 aliphatic carbocycles. The molecule has 8 nitrogen and oxygen atoms in total. The highest BCUT2D eigenvalue weighted by Crippen LogP contribution is 2.22. The zero-order valence-electron chi connectivity index (χ0n) is 16.8. The van der Waals surface area contributed by atoms with Crippen molar-refractivity contribution in [1.82, 2.24) is 4.57 Å². The first-order chi connectivity index (χ1) is 14.3. The molecule has 160 valence electrons. The van der Waals surface area contributed by atoms with E-state index in [0.29, 0.717) is 29.5 Å². The van der Waals surface area contributed by atoms with Crippen LogP contribution in [0, 0.1) is 0 Å². The molecule has 0 saturated heterocycles. The number of fused-ring (bicyclic) bond motifs is 1. The van der Waals surface area contributed by atoms with Crippen LogP contribution in [0.2, 0.25) is 0 Å². The van der Waals surface area contributed by atoms with Gasteiger partial charge in [-0.25, -0.2) is 8.42 Å². The highest BCUT2D eigenvalue weighted by Gasteiger charge is 2.13. The van der Waals surface area contributed by atoms with Crippen LogP contribution in [-0.4, -0.2) is 52.6 Å². The monoisotopic (exact) mass is 450 g/mol. The van der Waals surface area contributed by atoms with Crippen molar-refractivity contribution in [2.45, 2.75) is 11.4 Å². The van der Waals surface area contributed by atoms with Crippen LogP contribution in [0.15, 0.2) is 52.4 Å². The molecule has 0 atom stereocenters. The standard InChI is InChI=1S/C20H22N2O6S2/c1-26-11-10-22-17-9-8-16(30(3,24)25)12-18(17)29-20(22)21-19(23)13-28-15-6-4-14(27-2)5-7-15/h4-9,12H,10-11,13H2,1-3H3. The maximum Gasteiger partial charge on any atom is 0.286 e. The average Bonchev–Trinajstić information content (AvgIpc) is 3.06. The number of carbonyl (C=O) groups is 1. The maximum absolute atomic E-state index is 12.4. The van der Waals surface area contributed by atoms with E-state index >= 15 is 0 Å². The first-order valence-corrected chi connectivity index (χ1v) is 11.7. The van der Waals surface area contributed by atoms with Gasteiger partial charge in [0.05, 0.1) is 28.8 Å². The Balaban J connectivity index is 1.89. The molecule has 0 aliphatic rings.